The Kier molecular flexibility index (Phi) is 3.98. The van der Waals surface area contributed by atoms with Gasteiger partial charge in [0, 0.05) is 10.7 Å². The summed E-state index contributed by atoms with van der Waals surface area (Å²) in [6.07, 6.45) is 2.69. The molecule has 0 aliphatic carbocycles. The van der Waals surface area contributed by atoms with Crippen LogP contribution in [0.2, 0.25) is 5.15 Å². The Labute approximate surface area is 85.5 Å². The van der Waals surface area contributed by atoms with E-state index in [0.717, 1.165) is 17.4 Å². The number of pyridine rings is 1. The quantitative estimate of drug-likeness (QED) is 0.831. The number of rotatable bonds is 3. The molecule has 0 saturated carbocycles. The summed E-state index contributed by atoms with van der Waals surface area (Å²) in [5, 5.41) is 3.62. The molecule has 2 nitrogen and oxygen atoms in total. The summed E-state index contributed by atoms with van der Waals surface area (Å²) in [6, 6.07) is 1.88. The van der Waals surface area contributed by atoms with E-state index in [1.54, 1.807) is 6.20 Å². The van der Waals surface area contributed by atoms with Crippen molar-refractivity contribution in [3.63, 3.8) is 0 Å². The zero-order valence-electron chi connectivity index (χ0n) is 6.77. The third kappa shape index (κ3) is 2.73. The minimum absolute atomic E-state index is 0.546. The first kappa shape index (κ1) is 9.96. The highest BCUT2D eigenvalue weighted by atomic mass is 79.9. The maximum Gasteiger partial charge on any atom is 0.129 e. The molecule has 1 aromatic heterocycles. The predicted octanol–water partition coefficient (Wildman–Crippen LogP) is 2.26. The van der Waals surface area contributed by atoms with E-state index in [4.69, 9.17) is 11.6 Å². The van der Waals surface area contributed by atoms with Gasteiger partial charge < -0.3 is 5.32 Å². The van der Waals surface area contributed by atoms with Gasteiger partial charge in [0.1, 0.15) is 5.15 Å². The minimum Gasteiger partial charge on any atom is -0.319 e. The summed E-state index contributed by atoms with van der Waals surface area (Å²) in [5.41, 5.74) is 1.18. The van der Waals surface area contributed by atoms with Crippen molar-refractivity contribution in [3.05, 3.63) is 27.5 Å². The average molecular weight is 250 g/mol. The van der Waals surface area contributed by atoms with Gasteiger partial charge in [-0.1, -0.05) is 11.6 Å². The maximum absolute atomic E-state index is 5.74. The van der Waals surface area contributed by atoms with E-state index >= 15 is 0 Å². The lowest BCUT2D eigenvalue weighted by Gasteiger charge is -2.03. The molecule has 4 heteroatoms. The van der Waals surface area contributed by atoms with Crippen molar-refractivity contribution in [2.45, 2.75) is 6.42 Å². The molecule has 66 valence electrons. The molecular formula is C8H10BrClN2. The third-order valence-corrected chi connectivity index (χ3v) is 2.47. The first-order chi connectivity index (χ1) is 5.74. The Balaban J connectivity index is 2.75. The van der Waals surface area contributed by atoms with Crippen LogP contribution in [0.5, 0.6) is 0 Å². The van der Waals surface area contributed by atoms with Crippen molar-refractivity contribution in [2.75, 3.05) is 13.6 Å². The Bertz CT molecular complexity index is 265. The average Bonchev–Trinajstić information content (AvgIpc) is 2.07. The van der Waals surface area contributed by atoms with Crippen molar-refractivity contribution in [1.82, 2.24) is 10.3 Å². The molecule has 0 aliphatic heterocycles. The lowest BCUT2D eigenvalue weighted by atomic mass is 10.2. The number of likely N-dealkylation sites (N-methyl/N-ethyl adjacent to an activating group) is 1. The van der Waals surface area contributed by atoms with Gasteiger partial charge in [0.05, 0.1) is 0 Å². The lowest BCUT2D eigenvalue weighted by molar-refractivity contribution is 0.789. The molecule has 1 heterocycles. The van der Waals surface area contributed by atoms with Gasteiger partial charge in [-0.25, -0.2) is 4.98 Å². The highest BCUT2D eigenvalue weighted by Gasteiger charge is 2.00. The van der Waals surface area contributed by atoms with Gasteiger partial charge in [-0.3, -0.25) is 0 Å². The van der Waals surface area contributed by atoms with E-state index in [-0.39, 0.29) is 0 Å². The predicted molar refractivity (Wildman–Crippen MR) is 54.6 cm³/mol. The van der Waals surface area contributed by atoms with E-state index in [0.29, 0.717) is 5.15 Å². The first-order valence-electron chi connectivity index (χ1n) is 3.68. The molecule has 0 aliphatic rings. The number of halogens is 2. The lowest BCUT2D eigenvalue weighted by Crippen LogP contribution is -2.10. The molecule has 0 atom stereocenters. The number of nitrogens with one attached hydrogen (secondary N) is 1. The van der Waals surface area contributed by atoms with E-state index in [9.17, 15) is 0 Å². The van der Waals surface area contributed by atoms with Gasteiger partial charge in [-0.05, 0) is 47.6 Å². The largest absolute Gasteiger partial charge is 0.319 e. The van der Waals surface area contributed by atoms with Crippen molar-refractivity contribution in [2.24, 2.45) is 0 Å². The second-order valence-electron chi connectivity index (χ2n) is 2.45. The van der Waals surface area contributed by atoms with Crippen molar-refractivity contribution in [3.8, 4) is 0 Å². The van der Waals surface area contributed by atoms with E-state index in [1.165, 1.54) is 5.56 Å². The summed E-state index contributed by atoms with van der Waals surface area (Å²) < 4.78 is 1.02. The van der Waals surface area contributed by atoms with Gasteiger partial charge >= 0.3 is 0 Å². The number of hydrogen-bond donors (Lipinski definition) is 1. The van der Waals surface area contributed by atoms with Crippen LogP contribution in [0.15, 0.2) is 16.7 Å². The molecule has 0 fully saturated rings. The standard InChI is InChI=1S/C8H10BrClN2/c1-11-3-2-6-4-8(10)12-5-7(6)9/h4-5,11H,2-3H2,1H3. The molecule has 0 aromatic carbocycles. The molecule has 1 aromatic rings. The van der Waals surface area contributed by atoms with Gasteiger partial charge in [-0.15, -0.1) is 0 Å². The Morgan fingerprint density at radius 2 is 2.42 bits per heavy atom. The fourth-order valence-corrected chi connectivity index (χ4v) is 1.50. The van der Waals surface area contributed by atoms with E-state index in [1.807, 2.05) is 13.1 Å². The molecule has 1 N–H and O–H groups in total. The van der Waals surface area contributed by atoms with Crippen LogP contribution < -0.4 is 5.32 Å². The molecule has 0 amide bonds. The van der Waals surface area contributed by atoms with E-state index < -0.39 is 0 Å². The Morgan fingerprint density at radius 1 is 1.67 bits per heavy atom. The Morgan fingerprint density at radius 3 is 3.08 bits per heavy atom. The smallest absolute Gasteiger partial charge is 0.129 e. The fourth-order valence-electron chi connectivity index (χ4n) is 0.902. The maximum atomic E-state index is 5.74. The summed E-state index contributed by atoms with van der Waals surface area (Å²) >= 11 is 9.16. The zero-order valence-corrected chi connectivity index (χ0v) is 9.11. The molecule has 0 saturated heterocycles. The second-order valence-corrected chi connectivity index (χ2v) is 3.69. The van der Waals surface area contributed by atoms with Crippen molar-refractivity contribution >= 4 is 27.5 Å². The molecular weight excluding hydrogens is 239 g/mol. The summed E-state index contributed by atoms with van der Waals surface area (Å²) in [5.74, 6) is 0. The molecule has 0 radical (unpaired) electrons. The summed E-state index contributed by atoms with van der Waals surface area (Å²) in [7, 11) is 1.93. The molecule has 0 spiro atoms. The molecule has 1 rings (SSSR count). The van der Waals surface area contributed by atoms with Crippen LogP contribution in [0, 0.1) is 0 Å². The van der Waals surface area contributed by atoms with Crippen LogP contribution >= 0.6 is 27.5 Å². The minimum atomic E-state index is 0.546. The number of hydrogen-bond acceptors (Lipinski definition) is 2. The highest BCUT2D eigenvalue weighted by Crippen LogP contribution is 2.18. The van der Waals surface area contributed by atoms with Crippen LogP contribution in [0.4, 0.5) is 0 Å². The normalized spacial score (nSPS) is 10.2. The fraction of sp³-hybridized carbons (Fsp3) is 0.375. The number of nitrogens with zero attached hydrogens (tertiary/aromatic N) is 1. The Hall–Kier alpha value is -0.120. The third-order valence-electron chi connectivity index (χ3n) is 1.55. The van der Waals surface area contributed by atoms with Gasteiger partial charge in [-0.2, -0.15) is 0 Å². The van der Waals surface area contributed by atoms with Gasteiger partial charge in [0.15, 0.2) is 0 Å². The number of aromatic nitrogens is 1. The SMILES string of the molecule is CNCCc1cc(Cl)ncc1Br. The zero-order chi connectivity index (χ0) is 8.97. The van der Waals surface area contributed by atoms with Gasteiger partial charge in [0.2, 0.25) is 0 Å². The van der Waals surface area contributed by atoms with Crippen molar-refractivity contribution in [1.29, 1.82) is 0 Å². The monoisotopic (exact) mass is 248 g/mol. The highest BCUT2D eigenvalue weighted by molar-refractivity contribution is 9.10. The summed E-state index contributed by atoms with van der Waals surface area (Å²) in [6.45, 7) is 0.943. The summed E-state index contributed by atoms with van der Waals surface area (Å²) in [4.78, 5) is 3.95. The van der Waals surface area contributed by atoms with Crippen molar-refractivity contribution < 1.29 is 0 Å². The van der Waals surface area contributed by atoms with E-state index in [2.05, 4.69) is 26.2 Å². The van der Waals surface area contributed by atoms with Crippen LogP contribution in [0.25, 0.3) is 0 Å². The van der Waals surface area contributed by atoms with Gasteiger partial charge in [0.25, 0.3) is 0 Å². The van der Waals surface area contributed by atoms with Crippen LogP contribution in [-0.4, -0.2) is 18.6 Å². The second kappa shape index (κ2) is 4.80. The molecule has 0 unspecified atom stereocenters. The van der Waals surface area contributed by atoms with Crippen LogP contribution in [-0.2, 0) is 6.42 Å². The van der Waals surface area contributed by atoms with Crippen LogP contribution in [0.3, 0.4) is 0 Å². The molecule has 0 bridgehead atoms. The molecule has 12 heavy (non-hydrogen) atoms. The topological polar surface area (TPSA) is 24.9 Å². The first-order valence-corrected chi connectivity index (χ1v) is 4.85. The van der Waals surface area contributed by atoms with Crippen LogP contribution in [0.1, 0.15) is 5.56 Å².